The van der Waals surface area contributed by atoms with Gasteiger partial charge in [0.2, 0.25) is 0 Å². The molecule has 0 radical (unpaired) electrons. The minimum absolute atomic E-state index is 0.604. The van der Waals surface area contributed by atoms with Crippen LogP contribution in [0.1, 0.15) is 56.9 Å². The summed E-state index contributed by atoms with van der Waals surface area (Å²) in [6.07, 6.45) is 6.80. The molecule has 0 aliphatic carbocycles. The highest BCUT2D eigenvalue weighted by Crippen LogP contribution is 2.27. The first-order valence-electron chi connectivity index (χ1n) is 6.47. The SMILES string of the molecule is CCCC(CCC)c1cnc2nc(C)oc2c1. The van der Waals surface area contributed by atoms with Gasteiger partial charge >= 0.3 is 0 Å². The molecule has 2 aromatic heterocycles. The van der Waals surface area contributed by atoms with Crippen molar-refractivity contribution < 1.29 is 4.42 Å². The van der Waals surface area contributed by atoms with E-state index >= 15 is 0 Å². The number of aryl methyl sites for hydroxylation is 1. The predicted octanol–water partition coefficient (Wildman–Crippen LogP) is 4.22. The number of oxazole rings is 1. The van der Waals surface area contributed by atoms with Crippen molar-refractivity contribution in [1.82, 2.24) is 9.97 Å². The number of pyridine rings is 1. The van der Waals surface area contributed by atoms with Gasteiger partial charge in [0.25, 0.3) is 0 Å². The van der Waals surface area contributed by atoms with Crippen LogP contribution in [0.25, 0.3) is 11.2 Å². The molecule has 92 valence electrons. The van der Waals surface area contributed by atoms with Crippen LogP contribution in [-0.2, 0) is 0 Å². The van der Waals surface area contributed by atoms with Crippen molar-refractivity contribution in [2.24, 2.45) is 0 Å². The lowest BCUT2D eigenvalue weighted by atomic mass is 9.91. The molecular formula is C14H20N2O. The fourth-order valence-electron chi connectivity index (χ4n) is 2.34. The summed E-state index contributed by atoms with van der Waals surface area (Å²) < 4.78 is 5.54. The van der Waals surface area contributed by atoms with Crippen LogP contribution in [0, 0.1) is 6.92 Å². The van der Waals surface area contributed by atoms with Gasteiger partial charge in [-0.2, -0.15) is 4.98 Å². The molecule has 0 atom stereocenters. The molecule has 2 rings (SSSR count). The van der Waals surface area contributed by atoms with Gasteiger partial charge in [0.05, 0.1) is 0 Å². The zero-order chi connectivity index (χ0) is 12.3. The van der Waals surface area contributed by atoms with Gasteiger partial charge in [-0.25, -0.2) is 4.98 Å². The van der Waals surface area contributed by atoms with Crippen LogP contribution in [-0.4, -0.2) is 9.97 Å². The highest BCUT2D eigenvalue weighted by atomic mass is 16.3. The second-order valence-electron chi connectivity index (χ2n) is 4.60. The molecular weight excluding hydrogens is 212 g/mol. The van der Waals surface area contributed by atoms with Crippen LogP contribution in [0.5, 0.6) is 0 Å². The summed E-state index contributed by atoms with van der Waals surface area (Å²) in [4.78, 5) is 8.61. The molecule has 0 spiro atoms. The molecule has 0 aromatic carbocycles. The van der Waals surface area contributed by atoms with Gasteiger partial charge in [0.1, 0.15) is 0 Å². The van der Waals surface area contributed by atoms with Gasteiger partial charge < -0.3 is 4.42 Å². The van der Waals surface area contributed by atoms with Crippen molar-refractivity contribution in [3.8, 4) is 0 Å². The van der Waals surface area contributed by atoms with E-state index in [1.54, 1.807) is 0 Å². The normalized spacial score (nSPS) is 11.5. The first-order valence-corrected chi connectivity index (χ1v) is 6.47. The van der Waals surface area contributed by atoms with E-state index in [1.165, 1.54) is 31.2 Å². The predicted molar refractivity (Wildman–Crippen MR) is 69.1 cm³/mol. The Morgan fingerprint density at radius 1 is 1.24 bits per heavy atom. The van der Waals surface area contributed by atoms with Crippen LogP contribution in [0.3, 0.4) is 0 Å². The third kappa shape index (κ3) is 2.65. The zero-order valence-electron chi connectivity index (χ0n) is 10.9. The average Bonchev–Trinajstić information content (AvgIpc) is 2.67. The molecule has 3 nitrogen and oxygen atoms in total. The second kappa shape index (κ2) is 5.30. The van der Waals surface area contributed by atoms with Crippen LogP contribution < -0.4 is 0 Å². The van der Waals surface area contributed by atoms with Crippen molar-refractivity contribution in [2.45, 2.75) is 52.4 Å². The standard InChI is InChI=1S/C14H20N2O/c1-4-6-11(7-5-2)12-8-13-14(15-9-12)16-10(3)17-13/h8-9,11H,4-7H2,1-3H3. The van der Waals surface area contributed by atoms with E-state index in [-0.39, 0.29) is 0 Å². The van der Waals surface area contributed by atoms with E-state index in [2.05, 4.69) is 29.9 Å². The summed E-state index contributed by atoms with van der Waals surface area (Å²) in [6, 6.07) is 2.11. The van der Waals surface area contributed by atoms with E-state index in [1.807, 2.05) is 13.1 Å². The maximum absolute atomic E-state index is 5.54. The number of nitrogens with zero attached hydrogens (tertiary/aromatic N) is 2. The fourth-order valence-corrected chi connectivity index (χ4v) is 2.34. The Morgan fingerprint density at radius 3 is 2.59 bits per heavy atom. The molecule has 0 amide bonds. The molecule has 0 aliphatic rings. The Labute approximate surface area is 102 Å². The lowest BCUT2D eigenvalue weighted by Crippen LogP contribution is -1.99. The molecule has 0 N–H and O–H groups in total. The van der Waals surface area contributed by atoms with E-state index < -0.39 is 0 Å². The summed E-state index contributed by atoms with van der Waals surface area (Å²) in [5.74, 6) is 1.29. The van der Waals surface area contributed by atoms with Crippen LogP contribution >= 0.6 is 0 Å². The Balaban J connectivity index is 2.32. The molecule has 0 saturated carbocycles. The fraction of sp³-hybridized carbons (Fsp3) is 0.571. The van der Waals surface area contributed by atoms with Gasteiger partial charge in [-0.05, 0) is 30.4 Å². The number of rotatable bonds is 5. The molecule has 17 heavy (non-hydrogen) atoms. The van der Waals surface area contributed by atoms with Crippen LogP contribution in [0.4, 0.5) is 0 Å². The van der Waals surface area contributed by atoms with Crippen molar-refractivity contribution in [3.05, 3.63) is 23.7 Å². The summed E-state index contributed by atoms with van der Waals surface area (Å²) in [5, 5.41) is 0. The Hall–Kier alpha value is -1.38. The summed E-state index contributed by atoms with van der Waals surface area (Å²) in [5.41, 5.74) is 2.83. The lowest BCUT2D eigenvalue weighted by molar-refractivity contribution is 0.549. The number of aromatic nitrogens is 2. The summed E-state index contributed by atoms with van der Waals surface area (Å²) >= 11 is 0. The van der Waals surface area contributed by atoms with Gasteiger partial charge in [0, 0.05) is 13.1 Å². The highest BCUT2D eigenvalue weighted by molar-refractivity contribution is 5.68. The summed E-state index contributed by atoms with van der Waals surface area (Å²) in [6.45, 7) is 6.32. The lowest BCUT2D eigenvalue weighted by Gasteiger charge is -2.14. The first kappa shape index (κ1) is 12.1. The van der Waals surface area contributed by atoms with Crippen LogP contribution in [0.15, 0.2) is 16.7 Å². The molecule has 0 fully saturated rings. The molecule has 0 saturated heterocycles. The number of fused-ring (bicyclic) bond motifs is 1. The van der Waals surface area contributed by atoms with Crippen molar-refractivity contribution >= 4 is 11.2 Å². The monoisotopic (exact) mass is 232 g/mol. The largest absolute Gasteiger partial charge is 0.439 e. The van der Waals surface area contributed by atoms with Crippen molar-refractivity contribution in [1.29, 1.82) is 0 Å². The van der Waals surface area contributed by atoms with Gasteiger partial charge in [0.15, 0.2) is 17.1 Å². The van der Waals surface area contributed by atoms with Gasteiger partial charge in [-0.15, -0.1) is 0 Å². The molecule has 0 aliphatic heterocycles. The topological polar surface area (TPSA) is 38.9 Å². The number of hydrogen-bond donors (Lipinski definition) is 0. The third-order valence-electron chi connectivity index (χ3n) is 3.12. The summed E-state index contributed by atoms with van der Waals surface area (Å²) in [7, 11) is 0. The van der Waals surface area contributed by atoms with E-state index in [0.29, 0.717) is 11.8 Å². The molecule has 2 aromatic rings. The van der Waals surface area contributed by atoms with E-state index in [4.69, 9.17) is 4.42 Å². The highest BCUT2D eigenvalue weighted by Gasteiger charge is 2.12. The molecule has 0 unspecified atom stereocenters. The second-order valence-corrected chi connectivity index (χ2v) is 4.60. The van der Waals surface area contributed by atoms with Crippen LogP contribution in [0.2, 0.25) is 0 Å². The third-order valence-corrected chi connectivity index (χ3v) is 3.12. The number of hydrogen-bond acceptors (Lipinski definition) is 3. The Kier molecular flexibility index (Phi) is 3.77. The quantitative estimate of drug-likeness (QED) is 0.775. The zero-order valence-corrected chi connectivity index (χ0v) is 10.9. The maximum Gasteiger partial charge on any atom is 0.198 e. The molecule has 2 heterocycles. The Bertz CT molecular complexity index is 484. The first-order chi connectivity index (χ1) is 8.24. The van der Waals surface area contributed by atoms with E-state index in [0.717, 1.165) is 11.2 Å². The van der Waals surface area contributed by atoms with Crippen molar-refractivity contribution in [3.63, 3.8) is 0 Å². The minimum atomic E-state index is 0.604. The van der Waals surface area contributed by atoms with Crippen molar-refractivity contribution in [2.75, 3.05) is 0 Å². The van der Waals surface area contributed by atoms with Gasteiger partial charge in [-0.3, -0.25) is 0 Å². The molecule has 0 bridgehead atoms. The smallest absolute Gasteiger partial charge is 0.198 e. The molecule has 3 heteroatoms. The van der Waals surface area contributed by atoms with E-state index in [9.17, 15) is 0 Å². The average molecular weight is 232 g/mol. The minimum Gasteiger partial charge on any atom is -0.439 e. The maximum atomic E-state index is 5.54. The van der Waals surface area contributed by atoms with Gasteiger partial charge in [-0.1, -0.05) is 26.7 Å². The Morgan fingerprint density at radius 2 is 1.94 bits per heavy atom.